The molecule has 1 aromatic heterocycles. The molecule has 1 aromatic carbocycles. The summed E-state index contributed by atoms with van der Waals surface area (Å²) in [5.74, 6) is -10.9. The van der Waals surface area contributed by atoms with Crippen LogP contribution in [0.3, 0.4) is 0 Å². The highest BCUT2D eigenvalue weighted by Gasteiger charge is 2.37. The molecule has 9 atom stereocenters. The molecule has 14 N–H and O–H groups in total. The molecule has 22 nitrogen and oxygen atoms in total. The van der Waals surface area contributed by atoms with Crippen LogP contribution in [0.4, 0.5) is 0 Å². The Labute approximate surface area is 390 Å². The minimum Gasteiger partial charge on any atom is -0.481 e. The number of aromatic amines is 1. The number of fused-ring (bicyclic) bond motifs is 1. The van der Waals surface area contributed by atoms with Crippen LogP contribution in [0.1, 0.15) is 99.5 Å². The topological polar surface area (TPSA) is 363 Å². The van der Waals surface area contributed by atoms with Gasteiger partial charge in [0.05, 0.1) is 6.04 Å². The van der Waals surface area contributed by atoms with E-state index in [-0.39, 0.29) is 32.1 Å². The van der Waals surface area contributed by atoms with E-state index in [9.17, 15) is 47.9 Å². The first-order chi connectivity index (χ1) is 31.4. The first-order valence-electron chi connectivity index (χ1n) is 22.5. The number of carboxylic acid groups (broad SMARTS) is 2. The average molecular weight is 943 g/mol. The van der Waals surface area contributed by atoms with E-state index in [1.165, 1.54) is 0 Å². The summed E-state index contributed by atoms with van der Waals surface area (Å²) >= 11 is 0. The van der Waals surface area contributed by atoms with E-state index >= 15 is 0 Å². The fourth-order valence-electron chi connectivity index (χ4n) is 6.98. The van der Waals surface area contributed by atoms with E-state index in [4.69, 9.17) is 21.7 Å². The number of nitrogens with two attached hydrogens (primary N) is 2. The van der Waals surface area contributed by atoms with Gasteiger partial charge < -0.3 is 63.9 Å². The fourth-order valence-corrected chi connectivity index (χ4v) is 6.98. The van der Waals surface area contributed by atoms with E-state index in [1.807, 2.05) is 0 Å². The van der Waals surface area contributed by atoms with Crippen molar-refractivity contribution < 1.29 is 58.2 Å². The molecule has 0 saturated carbocycles. The zero-order chi connectivity index (χ0) is 50.7. The second kappa shape index (κ2) is 27.2. The maximum Gasteiger partial charge on any atom is 0.322 e. The Morgan fingerprint density at radius 2 is 1.06 bits per heavy atom. The second-order valence-electron chi connectivity index (χ2n) is 17.5. The molecule has 22 heteroatoms. The standard InChI is InChI=1S/C45H70N10O12/c1-9-24(7)37(42(64)49-21-34(59)60)54-45(67)38(25(8)10-2)55-44(66)36(23(5)6)53-40(62)30(16-17-32(47)56)50-41(63)31(19-26-20-48-29-14-12-11-13-27(26)29)51-43(65)35(22(3)4)52-39(61)28(46)15-18-33(57)58/h11-14,20,22-25,28,30-31,35-38,48H,9-10,15-19,21,46H2,1-8H3,(H2,47,56)(H,49,64)(H,50,63)(H,51,65)(H,52,61)(H,53,62)(H,54,67)(H,55,66)(H,57,58)(H,59,60)/t24-,25-,28-,30-,31-,35-,36-,37-,38-/m0/s1. The van der Waals surface area contributed by atoms with Crippen LogP contribution in [0.2, 0.25) is 0 Å². The SMILES string of the molecule is CC[C@H](C)[C@H](NC(=O)[C@@H](NC(=O)[C@H](CCC(N)=O)NC(=O)[C@H](Cc1c[nH]c2ccccc12)NC(=O)[C@@H](NC(=O)[C@@H](N)CCC(=O)O)C(C)C)C(C)C)C(=O)N[C@H](C(=O)NCC(=O)O)[C@@H](C)CC. The number of carbonyl (C=O) groups is 10. The van der Waals surface area contributed by atoms with E-state index in [0.717, 1.165) is 10.9 Å². The van der Waals surface area contributed by atoms with Gasteiger partial charge in [0, 0.05) is 36.4 Å². The smallest absolute Gasteiger partial charge is 0.322 e. The third-order valence-electron chi connectivity index (χ3n) is 11.5. The molecular weight excluding hydrogens is 873 g/mol. The molecule has 0 fully saturated rings. The molecule has 0 aliphatic heterocycles. The molecule has 0 aliphatic rings. The summed E-state index contributed by atoms with van der Waals surface area (Å²) in [6.45, 7) is 12.8. The van der Waals surface area contributed by atoms with Crippen molar-refractivity contribution >= 4 is 70.1 Å². The highest BCUT2D eigenvalue weighted by molar-refractivity contribution is 5.98. The van der Waals surface area contributed by atoms with Gasteiger partial charge in [-0.15, -0.1) is 0 Å². The number of hydrogen-bond acceptors (Lipinski definition) is 11. The van der Waals surface area contributed by atoms with Crippen molar-refractivity contribution in [3.8, 4) is 0 Å². The number of rotatable bonds is 29. The zero-order valence-corrected chi connectivity index (χ0v) is 39.5. The highest BCUT2D eigenvalue weighted by Crippen LogP contribution is 2.20. The highest BCUT2D eigenvalue weighted by atomic mass is 16.4. The van der Waals surface area contributed by atoms with Crippen molar-refractivity contribution in [3.05, 3.63) is 36.0 Å². The monoisotopic (exact) mass is 943 g/mol. The lowest BCUT2D eigenvalue weighted by Crippen LogP contribution is -2.62. The van der Waals surface area contributed by atoms with Crippen LogP contribution in [-0.2, 0) is 54.4 Å². The largest absolute Gasteiger partial charge is 0.481 e. The third-order valence-corrected chi connectivity index (χ3v) is 11.5. The summed E-state index contributed by atoms with van der Waals surface area (Å²) in [4.78, 5) is 134. The first kappa shape index (κ1) is 56.5. The molecule has 0 bridgehead atoms. The van der Waals surface area contributed by atoms with E-state index in [2.05, 4.69) is 42.2 Å². The second-order valence-corrected chi connectivity index (χ2v) is 17.5. The van der Waals surface area contributed by atoms with Crippen LogP contribution in [-0.4, -0.2) is 123 Å². The molecule has 67 heavy (non-hydrogen) atoms. The summed E-state index contributed by atoms with van der Waals surface area (Å²) in [6.07, 6.45) is 1.07. The van der Waals surface area contributed by atoms with Gasteiger partial charge in [-0.25, -0.2) is 0 Å². The summed E-state index contributed by atoms with van der Waals surface area (Å²) in [6, 6.07) is -1.87. The quantitative estimate of drug-likeness (QED) is 0.0498. The lowest BCUT2D eigenvalue weighted by molar-refractivity contribution is -0.139. The predicted molar refractivity (Wildman–Crippen MR) is 246 cm³/mol. The fraction of sp³-hybridized carbons (Fsp3) is 0.600. The van der Waals surface area contributed by atoms with Gasteiger partial charge in [0.2, 0.25) is 47.3 Å². The maximum absolute atomic E-state index is 14.4. The Morgan fingerprint density at radius 3 is 1.58 bits per heavy atom. The van der Waals surface area contributed by atoms with Gasteiger partial charge in [-0.05, 0) is 48.1 Å². The van der Waals surface area contributed by atoms with Gasteiger partial charge in [0.1, 0.15) is 42.8 Å². The molecule has 8 amide bonds. The van der Waals surface area contributed by atoms with Gasteiger partial charge in [0.25, 0.3) is 0 Å². The number of nitrogens with one attached hydrogen (secondary N) is 8. The number of amides is 8. The Kier molecular flexibility index (Phi) is 22.9. The number of para-hydroxylation sites is 1. The Balaban J connectivity index is 2.47. The number of aliphatic carboxylic acids is 2. The van der Waals surface area contributed by atoms with Gasteiger partial charge in [-0.1, -0.05) is 86.4 Å². The number of carbonyl (C=O) groups excluding carboxylic acids is 8. The lowest BCUT2D eigenvalue weighted by Gasteiger charge is -2.31. The van der Waals surface area contributed by atoms with Crippen molar-refractivity contribution in [2.24, 2.45) is 35.1 Å². The summed E-state index contributed by atoms with van der Waals surface area (Å²) in [5.41, 5.74) is 12.7. The van der Waals surface area contributed by atoms with E-state index < -0.39 is 132 Å². The Morgan fingerprint density at radius 1 is 0.582 bits per heavy atom. The molecule has 1 heterocycles. The van der Waals surface area contributed by atoms with Crippen LogP contribution in [0, 0.1) is 23.7 Å². The number of primary amides is 1. The molecule has 2 rings (SSSR count). The number of aromatic nitrogens is 1. The molecule has 0 aliphatic carbocycles. The summed E-state index contributed by atoms with van der Waals surface area (Å²) in [5, 5.41) is 36.9. The van der Waals surface area contributed by atoms with Crippen molar-refractivity contribution in [1.82, 2.24) is 42.2 Å². The normalized spacial score (nSPS) is 15.3. The van der Waals surface area contributed by atoms with Crippen molar-refractivity contribution in [3.63, 3.8) is 0 Å². The van der Waals surface area contributed by atoms with Gasteiger partial charge >= 0.3 is 11.9 Å². The van der Waals surface area contributed by atoms with Gasteiger partial charge in [-0.2, -0.15) is 0 Å². The van der Waals surface area contributed by atoms with Crippen molar-refractivity contribution in [1.29, 1.82) is 0 Å². The van der Waals surface area contributed by atoms with Crippen molar-refractivity contribution in [2.45, 2.75) is 143 Å². The number of hydrogen-bond donors (Lipinski definition) is 12. The number of H-pyrrole nitrogens is 1. The Bertz CT molecular complexity index is 2070. The molecular formula is C45H70N10O12. The molecule has 372 valence electrons. The average Bonchev–Trinajstić information content (AvgIpc) is 3.68. The third kappa shape index (κ3) is 18.0. The van der Waals surface area contributed by atoms with Crippen LogP contribution in [0.15, 0.2) is 30.5 Å². The molecule has 0 spiro atoms. The Hall–Kier alpha value is -6.58. The molecule has 0 saturated heterocycles. The van der Waals surface area contributed by atoms with Gasteiger partial charge in [-0.3, -0.25) is 47.9 Å². The molecule has 0 unspecified atom stereocenters. The lowest BCUT2D eigenvalue weighted by atomic mass is 9.94. The van der Waals surface area contributed by atoms with Crippen molar-refractivity contribution in [2.75, 3.05) is 6.54 Å². The number of carboxylic acids is 2. The van der Waals surface area contributed by atoms with Crippen LogP contribution < -0.4 is 48.7 Å². The maximum atomic E-state index is 14.4. The van der Waals surface area contributed by atoms with Crippen LogP contribution in [0.25, 0.3) is 10.9 Å². The van der Waals surface area contributed by atoms with Crippen LogP contribution in [0.5, 0.6) is 0 Å². The van der Waals surface area contributed by atoms with E-state index in [1.54, 1.807) is 85.9 Å². The predicted octanol–water partition coefficient (Wildman–Crippen LogP) is -0.318. The molecule has 0 radical (unpaired) electrons. The minimum atomic E-state index is -1.50. The summed E-state index contributed by atoms with van der Waals surface area (Å²) in [7, 11) is 0. The van der Waals surface area contributed by atoms with Crippen LogP contribution >= 0.6 is 0 Å². The van der Waals surface area contributed by atoms with Gasteiger partial charge in [0.15, 0.2) is 0 Å². The molecule has 2 aromatic rings. The minimum absolute atomic E-state index is 0.127. The zero-order valence-electron chi connectivity index (χ0n) is 39.5. The first-order valence-corrected chi connectivity index (χ1v) is 22.5. The number of benzene rings is 1. The summed E-state index contributed by atoms with van der Waals surface area (Å²) < 4.78 is 0. The van der Waals surface area contributed by atoms with E-state index in [0.29, 0.717) is 18.4 Å².